The number of amides is 1. The molecule has 0 atom stereocenters. The number of rotatable bonds is 4. The number of anilines is 1. The molecular formula is C23H17FI2N2O2. The Morgan fingerprint density at radius 2 is 1.87 bits per heavy atom. The molecule has 1 N–H and O–H groups in total. The molecule has 7 heteroatoms. The molecule has 0 aliphatic rings. The zero-order valence-corrected chi connectivity index (χ0v) is 20.5. The summed E-state index contributed by atoms with van der Waals surface area (Å²) in [6.07, 6.45) is 0.777. The molecule has 1 heterocycles. The van der Waals surface area contributed by atoms with Crippen molar-refractivity contribution in [3.8, 4) is 11.3 Å². The smallest absolute Gasteiger partial charge is 0.256 e. The van der Waals surface area contributed by atoms with Gasteiger partial charge in [0.15, 0.2) is 5.58 Å². The number of aryl methyl sites for hydroxylation is 1. The van der Waals surface area contributed by atoms with Crippen molar-refractivity contribution in [2.24, 2.45) is 0 Å². The summed E-state index contributed by atoms with van der Waals surface area (Å²) in [4.78, 5) is 13.0. The summed E-state index contributed by atoms with van der Waals surface area (Å²) in [6, 6.07) is 13.8. The zero-order chi connectivity index (χ0) is 21.4. The summed E-state index contributed by atoms with van der Waals surface area (Å²) >= 11 is 4.50. The van der Waals surface area contributed by atoms with Crippen LogP contribution in [-0.4, -0.2) is 11.1 Å². The maximum absolute atomic E-state index is 13.2. The van der Waals surface area contributed by atoms with Crippen LogP contribution in [0.5, 0.6) is 0 Å². The van der Waals surface area contributed by atoms with Gasteiger partial charge in [0, 0.05) is 30.0 Å². The van der Waals surface area contributed by atoms with Crippen LogP contribution in [0.3, 0.4) is 0 Å². The number of aromatic nitrogens is 1. The summed E-state index contributed by atoms with van der Waals surface area (Å²) in [5, 5.41) is 7.99. The highest BCUT2D eigenvalue weighted by Crippen LogP contribution is 2.32. The Morgan fingerprint density at radius 3 is 2.57 bits per heavy atom. The third kappa shape index (κ3) is 4.09. The molecule has 0 radical (unpaired) electrons. The van der Waals surface area contributed by atoms with Crippen LogP contribution in [0.25, 0.3) is 22.2 Å². The molecule has 4 aromatic rings. The van der Waals surface area contributed by atoms with E-state index in [1.165, 1.54) is 12.1 Å². The molecular weight excluding hydrogens is 609 g/mol. The van der Waals surface area contributed by atoms with E-state index in [0.717, 1.165) is 35.6 Å². The zero-order valence-electron chi connectivity index (χ0n) is 16.2. The quantitative estimate of drug-likeness (QED) is 0.249. The lowest BCUT2D eigenvalue weighted by Crippen LogP contribution is -2.16. The first-order valence-corrected chi connectivity index (χ1v) is 11.5. The van der Waals surface area contributed by atoms with Crippen molar-refractivity contribution >= 4 is 67.7 Å². The minimum absolute atomic E-state index is 0.149. The predicted octanol–water partition coefficient (Wildman–Crippen LogP) is 6.97. The van der Waals surface area contributed by atoms with Gasteiger partial charge in [-0.05, 0) is 112 Å². The van der Waals surface area contributed by atoms with Crippen LogP contribution >= 0.6 is 45.2 Å². The van der Waals surface area contributed by atoms with Gasteiger partial charge in [0.25, 0.3) is 5.91 Å². The Balaban J connectivity index is 1.70. The summed E-state index contributed by atoms with van der Waals surface area (Å²) in [5.74, 6) is -0.451. The topological polar surface area (TPSA) is 55.1 Å². The van der Waals surface area contributed by atoms with Gasteiger partial charge in [-0.25, -0.2) is 4.39 Å². The van der Waals surface area contributed by atoms with E-state index in [9.17, 15) is 9.18 Å². The highest BCUT2D eigenvalue weighted by Gasteiger charge is 2.18. The molecule has 4 rings (SSSR count). The van der Waals surface area contributed by atoms with E-state index >= 15 is 0 Å². The van der Waals surface area contributed by atoms with Crippen LogP contribution in [0.4, 0.5) is 10.1 Å². The summed E-state index contributed by atoms with van der Waals surface area (Å²) in [5.41, 5.74) is 5.25. The van der Waals surface area contributed by atoms with E-state index in [4.69, 9.17) is 4.52 Å². The van der Waals surface area contributed by atoms with Crippen LogP contribution in [0.2, 0.25) is 0 Å². The Kier molecular flexibility index (Phi) is 6.10. The normalized spacial score (nSPS) is 11.1. The van der Waals surface area contributed by atoms with Gasteiger partial charge in [0.2, 0.25) is 0 Å². The van der Waals surface area contributed by atoms with E-state index in [1.807, 2.05) is 26.0 Å². The average Bonchev–Trinajstić information content (AvgIpc) is 3.10. The van der Waals surface area contributed by atoms with Crippen LogP contribution in [0, 0.1) is 19.9 Å². The lowest BCUT2D eigenvalue weighted by atomic mass is 10.0. The van der Waals surface area contributed by atoms with Crippen LogP contribution in [0.15, 0.2) is 53.1 Å². The standard InChI is InChI=1S/C23H17FI2N2O2/c1-3-16-17(9-15(25)10-19(16)26)23(29)27-20-11-21-18(8-12(20)2)22(28-30-21)13-4-6-14(24)7-5-13/h4-11H,3H2,1-2H3,(H,27,29). The third-order valence-corrected chi connectivity index (χ3v) is 6.53. The Morgan fingerprint density at radius 1 is 1.13 bits per heavy atom. The van der Waals surface area contributed by atoms with Gasteiger partial charge in [-0.1, -0.05) is 12.1 Å². The number of fused-ring (bicyclic) bond motifs is 1. The lowest BCUT2D eigenvalue weighted by molar-refractivity contribution is 0.102. The number of carbonyl (C=O) groups is 1. The first-order valence-electron chi connectivity index (χ1n) is 9.32. The van der Waals surface area contributed by atoms with Gasteiger partial charge in [-0.3, -0.25) is 4.79 Å². The minimum atomic E-state index is -0.301. The molecule has 4 nitrogen and oxygen atoms in total. The van der Waals surface area contributed by atoms with Gasteiger partial charge in [0.05, 0.1) is 5.39 Å². The summed E-state index contributed by atoms with van der Waals surface area (Å²) in [6.45, 7) is 3.97. The highest BCUT2D eigenvalue weighted by molar-refractivity contribution is 14.1. The maximum atomic E-state index is 13.2. The van der Waals surface area contributed by atoms with Crippen molar-refractivity contribution < 1.29 is 13.7 Å². The van der Waals surface area contributed by atoms with Crippen LogP contribution in [0.1, 0.15) is 28.4 Å². The number of nitrogens with zero attached hydrogens (tertiary/aromatic N) is 1. The second-order valence-corrected chi connectivity index (χ2v) is 9.33. The third-order valence-electron chi connectivity index (χ3n) is 4.94. The first kappa shape index (κ1) is 21.2. The van der Waals surface area contributed by atoms with Gasteiger partial charge in [-0.15, -0.1) is 0 Å². The lowest BCUT2D eigenvalue weighted by Gasteiger charge is -2.13. The number of benzene rings is 3. The van der Waals surface area contributed by atoms with E-state index in [-0.39, 0.29) is 11.7 Å². The van der Waals surface area contributed by atoms with E-state index in [1.54, 1.807) is 18.2 Å². The van der Waals surface area contributed by atoms with Gasteiger partial charge < -0.3 is 9.84 Å². The van der Waals surface area contributed by atoms with E-state index in [0.29, 0.717) is 22.5 Å². The Hall–Kier alpha value is -2.01. The molecule has 152 valence electrons. The maximum Gasteiger partial charge on any atom is 0.256 e. The minimum Gasteiger partial charge on any atom is -0.356 e. The van der Waals surface area contributed by atoms with Gasteiger partial charge >= 0.3 is 0 Å². The number of carbonyl (C=O) groups excluding carboxylic acids is 1. The van der Waals surface area contributed by atoms with E-state index in [2.05, 4.69) is 61.7 Å². The molecule has 1 amide bonds. The fourth-order valence-electron chi connectivity index (χ4n) is 3.40. The van der Waals surface area contributed by atoms with Crippen molar-refractivity contribution in [3.05, 3.63) is 78.2 Å². The van der Waals surface area contributed by atoms with Gasteiger partial charge in [0.1, 0.15) is 11.5 Å². The predicted molar refractivity (Wildman–Crippen MR) is 133 cm³/mol. The summed E-state index contributed by atoms with van der Waals surface area (Å²) in [7, 11) is 0. The number of hydrogen-bond donors (Lipinski definition) is 1. The number of nitrogens with one attached hydrogen (secondary N) is 1. The van der Waals surface area contributed by atoms with Crippen molar-refractivity contribution in [2.45, 2.75) is 20.3 Å². The summed E-state index contributed by atoms with van der Waals surface area (Å²) < 4.78 is 20.8. The molecule has 0 bridgehead atoms. The highest BCUT2D eigenvalue weighted by atomic mass is 127. The molecule has 0 saturated heterocycles. The second kappa shape index (κ2) is 8.62. The van der Waals surface area contributed by atoms with Crippen molar-refractivity contribution in [1.82, 2.24) is 5.16 Å². The molecule has 1 aromatic heterocycles. The first-order chi connectivity index (χ1) is 14.4. The van der Waals surface area contributed by atoms with E-state index < -0.39 is 0 Å². The second-order valence-electron chi connectivity index (χ2n) is 6.92. The molecule has 0 saturated carbocycles. The number of hydrogen-bond acceptors (Lipinski definition) is 3. The molecule has 3 aromatic carbocycles. The molecule has 0 aliphatic carbocycles. The van der Waals surface area contributed by atoms with Crippen LogP contribution < -0.4 is 5.32 Å². The largest absolute Gasteiger partial charge is 0.356 e. The molecule has 0 aliphatic heterocycles. The van der Waals surface area contributed by atoms with Crippen molar-refractivity contribution in [3.63, 3.8) is 0 Å². The molecule has 30 heavy (non-hydrogen) atoms. The average molecular weight is 626 g/mol. The van der Waals surface area contributed by atoms with Crippen molar-refractivity contribution in [1.29, 1.82) is 0 Å². The van der Waals surface area contributed by atoms with Crippen molar-refractivity contribution in [2.75, 3.05) is 5.32 Å². The SMILES string of the molecule is CCc1c(I)cc(I)cc1C(=O)Nc1cc2onc(-c3ccc(F)cc3)c2cc1C. The molecule has 0 fully saturated rings. The fraction of sp³-hybridized carbons (Fsp3) is 0.130. The fourth-order valence-corrected chi connectivity index (χ4v) is 5.62. The van der Waals surface area contributed by atoms with Gasteiger partial charge in [-0.2, -0.15) is 0 Å². The van der Waals surface area contributed by atoms with Crippen LogP contribution in [-0.2, 0) is 6.42 Å². The molecule has 0 spiro atoms. The molecule has 0 unspecified atom stereocenters. The monoisotopic (exact) mass is 626 g/mol. The number of halogens is 3. The Bertz CT molecular complexity index is 1270. The Labute approximate surface area is 200 Å².